The molecule has 3 nitrogen and oxygen atoms in total. The van der Waals surface area contributed by atoms with E-state index >= 15 is 0 Å². The highest BCUT2D eigenvalue weighted by Crippen LogP contribution is 2.33. The van der Waals surface area contributed by atoms with E-state index in [0.717, 1.165) is 12.2 Å². The molecule has 2 heterocycles. The van der Waals surface area contributed by atoms with Gasteiger partial charge in [0.15, 0.2) is 0 Å². The molecule has 0 aromatic heterocycles. The Morgan fingerprint density at radius 2 is 1.79 bits per heavy atom. The fourth-order valence-corrected chi connectivity index (χ4v) is 3.43. The largest absolute Gasteiger partial charge is 0.397 e. The van der Waals surface area contributed by atoms with Crippen molar-refractivity contribution >= 4 is 17.1 Å². The molecule has 2 N–H and O–H groups in total. The molecule has 2 saturated heterocycles. The smallest absolute Gasteiger partial charge is 0.0603 e. The highest BCUT2D eigenvalue weighted by Gasteiger charge is 2.21. The third-order valence-corrected chi connectivity index (χ3v) is 4.59. The molecular weight excluding hydrogens is 234 g/mol. The van der Waals surface area contributed by atoms with E-state index in [2.05, 4.69) is 34.9 Å². The predicted molar refractivity (Wildman–Crippen MR) is 83.0 cm³/mol. The zero-order chi connectivity index (χ0) is 13.2. The van der Waals surface area contributed by atoms with E-state index in [1.165, 1.54) is 56.6 Å². The SMILES string of the molecule is CC1CCCCN1c1ccc(N2CCCC2)cc1N. The van der Waals surface area contributed by atoms with Gasteiger partial charge < -0.3 is 15.5 Å². The minimum Gasteiger partial charge on any atom is -0.397 e. The molecule has 1 aromatic rings. The molecule has 3 rings (SSSR count). The number of hydrogen-bond acceptors (Lipinski definition) is 3. The standard InChI is InChI=1S/C16H25N3/c1-13-6-2-3-11-19(13)16-8-7-14(12-15(16)17)18-9-4-5-10-18/h7-8,12-13H,2-6,9-11,17H2,1H3. The molecule has 0 radical (unpaired) electrons. The molecule has 1 aromatic carbocycles. The van der Waals surface area contributed by atoms with Crippen LogP contribution in [0.15, 0.2) is 18.2 Å². The maximum Gasteiger partial charge on any atom is 0.0603 e. The summed E-state index contributed by atoms with van der Waals surface area (Å²) in [6.07, 6.45) is 6.55. The molecule has 104 valence electrons. The molecule has 1 atom stereocenters. The van der Waals surface area contributed by atoms with Gasteiger partial charge in [-0.15, -0.1) is 0 Å². The third kappa shape index (κ3) is 2.51. The van der Waals surface area contributed by atoms with Gasteiger partial charge in [-0.2, -0.15) is 0 Å². The van der Waals surface area contributed by atoms with Crippen LogP contribution in [-0.4, -0.2) is 25.7 Å². The molecule has 0 bridgehead atoms. The van der Waals surface area contributed by atoms with E-state index in [9.17, 15) is 0 Å². The number of anilines is 3. The van der Waals surface area contributed by atoms with E-state index < -0.39 is 0 Å². The van der Waals surface area contributed by atoms with Gasteiger partial charge in [-0.1, -0.05) is 0 Å². The monoisotopic (exact) mass is 259 g/mol. The molecule has 1 unspecified atom stereocenters. The molecular formula is C16H25N3. The number of nitrogens with zero attached hydrogens (tertiary/aromatic N) is 2. The summed E-state index contributed by atoms with van der Waals surface area (Å²) >= 11 is 0. The minimum atomic E-state index is 0.619. The first-order chi connectivity index (χ1) is 9.25. The van der Waals surface area contributed by atoms with E-state index in [1.807, 2.05) is 0 Å². The van der Waals surface area contributed by atoms with Crippen molar-refractivity contribution in [2.24, 2.45) is 0 Å². The summed E-state index contributed by atoms with van der Waals surface area (Å²) in [6, 6.07) is 7.26. The zero-order valence-corrected chi connectivity index (χ0v) is 11.9. The highest BCUT2D eigenvalue weighted by molar-refractivity contribution is 5.73. The van der Waals surface area contributed by atoms with Gasteiger partial charge in [-0.05, 0) is 57.2 Å². The third-order valence-electron chi connectivity index (χ3n) is 4.59. The van der Waals surface area contributed by atoms with Crippen molar-refractivity contribution < 1.29 is 0 Å². The second kappa shape index (κ2) is 5.32. The van der Waals surface area contributed by atoms with Gasteiger partial charge >= 0.3 is 0 Å². The Labute approximate surface area is 116 Å². The van der Waals surface area contributed by atoms with Crippen molar-refractivity contribution in [3.8, 4) is 0 Å². The minimum absolute atomic E-state index is 0.619. The molecule has 0 amide bonds. The normalized spacial score (nSPS) is 23.9. The number of rotatable bonds is 2. The first-order valence-electron chi connectivity index (χ1n) is 7.67. The molecule has 3 heteroatoms. The van der Waals surface area contributed by atoms with Gasteiger partial charge in [0.2, 0.25) is 0 Å². The summed E-state index contributed by atoms with van der Waals surface area (Å²) in [4.78, 5) is 4.92. The number of nitrogen functional groups attached to an aromatic ring is 1. The zero-order valence-electron chi connectivity index (χ0n) is 11.9. The number of hydrogen-bond donors (Lipinski definition) is 1. The van der Waals surface area contributed by atoms with Crippen LogP contribution in [0.3, 0.4) is 0 Å². The van der Waals surface area contributed by atoms with Crippen LogP contribution in [0.4, 0.5) is 17.1 Å². The second-order valence-electron chi connectivity index (χ2n) is 5.98. The highest BCUT2D eigenvalue weighted by atomic mass is 15.2. The molecule has 2 aliphatic heterocycles. The van der Waals surface area contributed by atoms with Crippen molar-refractivity contribution in [1.82, 2.24) is 0 Å². The number of benzene rings is 1. The maximum absolute atomic E-state index is 6.31. The van der Waals surface area contributed by atoms with E-state index in [-0.39, 0.29) is 0 Å². The van der Waals surface area contributed by atoms with E-state index in [0.29, 0.717) is 6.04 Å². The number of piperidine rings is 1. The Bertz CT molecular complexity index is 438. The Morgan fingerprint density at radius 3 is 2.47 bits per heavy atom. The van der Waals surface area contributed by atoms with Crippen LogP contribution >= 0.6 is 0 Å². The lowest BCUT2D eigenvalue weighted by Gasteiger charge is -2.36. The van der Waals surface area contributed by atoms with Crippen LogP contribution < -0.4 is 15.5 Å². The topological polar surface area (TPSA) is 32.5 Å². The Balaban J connectivity index is 1.82. The first-order valence-corrected chi connectivity index (χ1v) is 7.67. The summed E-state index contributed by atoms with van der Waals surface area (Å²) in [5.74, 6) is 0. The van der Waals surface area contributed by atoms with Gasteiger partial charge in [-0.3, -0.25) is 0 Å². The Kier molecular flexibility index (Phi) is 3.54. The lowest BCUT2D eigenvalue weighted by Crippen LogP contribution is -2.37. The van der Waals surface area contributed by atoms with E-state index in [4.69, 9.17) is 5.73 Å². The van der Waals surface area contributed by atoms with Crippen LogP contribution in [0.5, 0.6) is 0 Å². The van der Waals surface area contributed by atoms with Crippen molar-refractivity contribution in [2.75, 3.05) is 35.2 Å². The van der Waals surface area contributed by atoms with Gasteiger partial charge in [0.25, 0.3) is 0 Å². The quantitative estimate of drug-likeness (QED) is 0.828. The Morgan fingerprint density at radius 1 is 1.05 bits per heavy atom. The number of nitrogens with two attached hydrogens (primary N) is 1. The van der Waals surface area contributed by atoms with Crippen LogP contribution in [0.2, 0.25) is 0 Å². The molecule has 0 saturated carbocycles. The summed E-state index contributed by atoms with van der Waals surface area (Å²) in [7, 11) is 0. The Hall–Kier alpha value is -1.38. The fraction of sp³-hybridized carbons (Fsp3) is 0.625. The summed E-state index contributed by atoms with van der Waals surface area (Å²) in [6.45, 7) is 5.82. The lowest BCUT2D eigenvalue weighted by molar-refractivity contribution is 0.485. The molecule has 2 aliphatic rings. The summed E-state index contributed by atoms with van der Waals surface area (Å²) < 4.78 is 0. The lowest BCUT2D eigenvalue weighted by atomic mass is 10.0. The van der Waals surface area contributed by atoms with Crippen molar-refractivity contribution in [1.29, 1.82) is 0 Å². The molecule has 19 heavy (non-hydrogen) atoms. The van der Waals surface area contributed by atoms with Crippen molar-refractivity contribution in [3.05, 3.63) is 18.2 Å². The molecule has 0 spiro atoms. The predicted octanol–water partition coefficient (Wildman–Crippen LogP) is 3.25. The van der Waals surface area contributed by atoms with Crippen molar-refractivity contribution in [3.63, 3.8) is 0 Å². The van der Waals surface area contributed by atoms with E-state index in [1.54, 1.807) is 0 Å². The van der Waals surface area contributed by atoms with Gasteiger partial charge in [0.1, 0.15) is 0 Å². The van der Waals surface area contributed by atoms with Crippen LogP contribution in [0.25, 0.3) is 0 Å². The first kappa shape index (κ1) is 12.6. The van der Waals surface area contributed by atoms with Crippen LogP contribution in [-0.2, 0) is 0 Å². The van der Waals surface area contributed by atoms with Gasteiger partial charge in [0.05, 0.1) is 11.4 Å². The van der Waals surface area contributed by atoms with Crippen molar-refractivity contribution in [2.45, 2.75) is 45.1 Å². The van der Waals surface area contributed by atoms with Gasteiger partial charge in [0, 0.05) is 31.4 Å². The maximum atomic E-state index is 6.31. The van der Waals surface area contributed by atoms with Gasteiger partial charge in [-0.25, -0.2) is 0 Å². The summed E-state index contributed by atoms with van der Waals surface area (Å²) in [5.41, 5.74) is 9.78. The van der Waals surface area contributed by atoms with Crippen LogP contribution in [0.1, 0.15) is 39.0 Å². The molecule has 0 aliphatic carbocycles. The average Bonchev–Trinajstić information content (AvgIpc) is 2.94. The average molecular weight is 259 g/mol. The molecule has 2 fully saturated rings. The summed E-state index contributed by atoms with van der Waals surface area (Å²) in [5, 5.41) is 0. The fourth-order valence-electron chi connectivity index (χ4n) is 3.43. The second-order valence-corrected chi connectivity index (χ2v) is 5.98. The van der Waals surface area contributed by atoms with Crippen LogP contribution in [0, 0.1) is 0 Å².